The highest BCUT2D eigenvalue weighted by atomic mass is 32.2. The first-order valence-corrected chi connectivity index (χ1v) is 10.0. The molecule has 0 spiro atoms. The highest BCUT2D eigenvalue weighted by Crippen LogP contribution is 2.20. The molecule has 0 aliphatic rings. The summed E-state index contributed by atoms with van der Waals surface area (Å²) in [5.41, 5.74) is 1.75. The van der Waals surface area contributed by atoms with E-state index in [9.17, 15) is 9.18 Å². The molecule has 0 fully saturated rings. The van der Waals surface area contributed by atoms with Crippen LogP contribution in [0.15, 0.2) is 53.7 Å². The number of nitrogens with two attached hydrogens (primary N) is 1. The minimum absolute atomic E-state index is 0.0875. The highest BCUT2D eigenvalue weighted by molar-refractivity contribution is 7.99. The second kappa shape index (κ2) is 9.42. The van der Waals surface area contributed by atoms with Crippen LogP contribution in [0.1, 0.15) is 31.2 Å². The average Bonchev–Trinajstić information content (AvgIpc) is 3.06. The van der Waals surface area contributed by atoms with Crippen molar-refractivity contribution in [3.8, 4) is 5.75 Å². The van der Waals surface area contributed by atoms with Gasteiger partial charge in [0.15, 0.2) is 5.82 Å². The third-order valence-electron chi connectivity index (χ3n) is 4.11. The van der Waals surface area contributed by atoms with Crippen LogP contribution in [0.5, 0.6) is 5.75 Å². The number of amides is 1. The molecule has 0 atom stereocenters. The molecule has 3 aromatic rings. The number of aromatic nitrogens is 3. The van der Waals surface area contributed by atoms with Crippen molar-refractivity contribution >= 4 is 23.4 Å². The molecular formula is C20H22FN5O2S. The van der Waals surface area contributed by atoms with Gasteiger partial charge in [-0.15, -0.1) is 10.2 Å². The number of hydrogen-bond acceptors (Lipinski definition) is 6. The third kappa shape index (κ3) is 5.71. The van der Waals surface area contributed by atoms with Crippen LogP contribution in [0.4, 0.5) is 10.1 Å². The van der Waals surface area contributed by atoms with Crippen LogP contribution < -0.4 is 15.9 Å². The molecule has 0 bridgehead atoms. The summed E-state index contributed by atoms with van der Waals surface area (Å²) in [5, 5.41) is 11.1. The zero-order valence-electron chi connectivity index (χ0n) is 16.1. The van der Waals surface area contributed by atoms with Crippen molar-refractivity contribution in [1.29, 1.82) is 0 Å². The molecule has 0 aliphatic carbocycles. The van der Waals surface area contributed by atoms with E-state index >= 15 is 0 Å². The van der Waals surface area contributed by atoms with Crippen LogP contribution in [0, 0.1) is 5.82 Å². The lowest BCUT2D eigenvalue weighted by Gasteiger charge is -2.09. The fourth-order valence-corrected chi connectivity index (χ4v) is 3.14. The molecule has 0 unspecified atom stereocenters. The Morgan fingerprint density at radius 3 is 2.52 bits per heavy atom. The second-order valence-corrected chi connectivity index (χ2v) is 7.57. The average molecular weight is 415 g/mol. The molecule has 29 heavy (non-hydrogen) atoms. The van der Waals surface area contributed by atoms with Crippen LogP contribution in [-0.2, 0) is 11.4 Å². The molecule has 2 aromatic carbocycles. The van der Waals surface area contributed by atoms with Crippen LogP contribution in [0.3, 0.4) is 0 Å². The number of hydrogen-bond donors (Lipinski definition) is 2. The Hall–Kier alpha value is -3.07. The third-order valence-corrected chi connectivity index (χ3v) is 5.05. The Morgan fingerprint density at radius 1 is 1.17 bits per heavy atom. The zero-order valence-corrected chi connectivity index (χ0v) is 16.9. The van der Waals surface area contributed by atoms with Gasteiger partial charge >= 0.3 is 0 Å². The first-order chi connectivity index (χ1) is 13.9. The summed E-state index contributed by atoms with van der Waals surface area (Å²) in [7, 11) is 0. The number of ether oxygens (including phenoxy) is 1. The van der Waals surface area contributed by atoms with E-state index in [1.807, 2.05) is 24.3 Å². The molecule has 0 saturated carbocycles. The minimum Gasteiger partial charge on any atom is -0.486 e. The topological polar surface area (TPSA) is 95.1 Å². The van der Waals surface area contributed by atoms with E-state index in [0.29, 0.717) is 28.3 Å². The summed E-state index contributed by atoms with van der Waals surface area (Å²) in [6.45, 7) is 4.42. The molecule has 3 N–H and O–H groups in total. The Morgan fingerprint density at radius 2 is 1.86 bits per heavy atom. The van der Waals surface area contributed by atoms with E-state index in [-0.39, 0.29) is 24.1 Å². The van der Waals surface area contributed by atoms with Crippen molar-refractivity contribution < 1.29 is 13.9 Å². The zero-order chi connectivity index (χ0) is 20.8. The van der Waals surface area contributed by atoms with Crippen LogP contribution >= 0.6 is 11.8 Å². The molecule has 1 heterocycles. The summed E-state index contributed by atoms with van der Waals surface area (Å²) in [6.07, 6.45) is 0. The maximum absolute atomic E-state index is 12.9. The van der Waals surface area contributed by atoms with Crippen LogP contribution in [0.2, 0.25) is 0 Å². The number of thioether (sulfide) groups is 1. The van der Waals surface area contributed by atoms with Gasteiger partial charge in [0.05, 0.1) is 5.75 Å². The van der Waals surface area contributed by atoms with E-state index in [1.165, 1.54) is 34.5 Å². The fourth-order valence-electron chi connectivity index (χ4n) is 2.46. The smallest absolute Gasteiger partial charge is 0.234 e. The molecule has 9 heteroatoms. The molecule has 0 radical (unpaired) electrons. The highest BCUT2D eigenvalue weighted by Gasteiger charge is 2.13. The van der Waals surface area contributed by atoms with E-state index in [2.05, 4.69) is 29.4 Å². The lowest BCUT2D eigenvalue weighted by Crippen LogP contribution is -2.18. The van der Waals surface area contributed by atoms with E-state index in [1.54, 1.807) is 0 Å². The first kappa shape index (κ1) is 20.7. The van der Waals surface area contributed by atoms with Crippen molar-refractivity contribution in [3.63, 3.8) is 0 Å². The number of anilines is 1. The molecule has 0 aliphatic heterocycles. The number of benzene rings is 2. The van der Waals surface area contributed by atoms with Crippen molar-refractivity contribution in [3.05, 3.63) is 65.7 Å². The van der Waals surface area contributed by atoms with Gasteiger partial charge in [-0.2, -0.15) is 0 Å². The standard InChI is InChI=1S/C20H22FN5O2S/c1-13(2)14-3-9-17(10-4-14)28-11-18-24-25-20(26(18)22)29-12-19(27)23-16-7-5-15(21)6-8-16/h3-10,13H,11-12,22H2,1-2H3,(H,23,27). The molecule has 7 nitrogen and oxygen atoms in total. The molecule has 3 rings (SSSR count). The lowest BCUT2D eigenvalue weighted by molar-refractivity contribution is -0.113. The summed E-state index contributed by atoms with van der Waals surface area (Å²) < 4.78 is 19.9. The van der Waals surface area contributed by atoms with Gasteiger partial charge in [-0.1, -0.05) is 37.7 Å². The van der Waals surface area contributed by atoms with Gasteiger partial charge in [0.25, 0.3) is 0 Å². The van der Waals surface area contributed by atoms with Crippen molar-refractivity contribution in [2.75, 3.05) is 16.9 Å². The quantitative estimate of drug-likeness (QED) is 0.431. The van der Waals surface area contributed by atoms with E-state index in [4.69, 9.17) is 10.6 Å². The number of rotatable bonds is 8. The number of nitrogens with one attached hydrogen (secondary N) is 1. The van der Waals surface area contributed by atoms with Gasteiger partial charge in [-0.3, -0.25) is 4.79 Å². The van der Waals surface area contributed by atoms with Gasteiger partial charge in [0, 0.05) is 5.69 Å². The van der Waals surface area contributed by atoms with Gasteiger partial charge in [-0.05, 0) is 47.9 Å². The Labute approximate surface area is 172 Å². The first-order valence-electron chi connectivity index (χ1n) is 9.02. The molecule has 0 saturated heterocycles. The van der Waals surface area contributed by atoms with Gasteiger partial charge in [0.1, 0.15) is 18.2 Å². The summed E-state index contributed by atoms with van der Waals surface area (Å²) >= 11 is 1.15. The molecular weight excluding hydrogens is 393 g/mol. The van der Waals surface area contributed by atoms with Gasteiger partial charge < -0.3 is 15.9 Å². The summed E-state index contributed by atoms with van der Waals surface area (Å²) in [4.78, 5) is 12.0. The van der Waals surface area contributed by atoms with Crippen molar-refractivity contribution in [1.82, 2.24) is 14.9 Å². The Balaban J connectivity index is 1.50. The fraction of sp³-hybridized carbons (Fsp3) is 0.250. The van der Waals surface area contributed by atoms with Crippen LogP contribution in [-0.4, -0.2) is 26.5 Å². The summed E-state index contributed by atoms with van der Waals surface area (Å²) in [6, 6.07) is 13.4. The van der Waals surface area contributed by atoms with E-state index < -0.39 is 0 Å². The second-order valence-electron chi connectivity index (χ2n) is 6.62. The predicted octanol–water partition coefficient (Wildman–Crippen LogP) is 3.56. The molecule has 1 amide bonds. The van der Waals surface area contributed by atoms with Crippen LogP contribution in [0.25, 0.3) is 0 Å². The monoisotopic (exact) mass is 415 g/mol. The number of nitrogens with zero attached hydrogens (tertiary/aromatic N) is 3. The number of carbonyl (C=O) groups is 1. The lowest BCUT2D eigenvalue weighted by atomic mass is 10.0. The molecule has 1 aromatic heterocycles. The Bertz CT molecular complexity index is 958. The van der Waals surface area contributed by atoms with Crippen molar-refractivity contribution in [2.45, 2.75) is 31.5 Å². The number of nitrogen functional groups attached to an aromatic ring is 1. The largest absolute Gasteiger partial charge is 0.486 e. The van der Waals surface area contributed by atoms with E-state index in [0.717, 1.165) is 11.8 Å². The van der Waals surface area contributed by atoms with Gasteiger partial charge in [0.2, 0.25) is 11.1 Å². The normalized spacial score (nSPS) is 10.9. The minimum atomic E-state index is -0.362. The van der Waals surface area contributed by atoms with Crippen molar-refractivity contribution in [2.24, 2.45) is 0 Å². The maximum atomic E-state index is 12.9. The predicted molar refractivity (Wildman–Crippen MR) is 111 cm³/mol. The number of carbonyl (C=O) groups excluding carboxylic acids is 1. The Kier molecular flexibility index (Phi) is 6.71. The maximum Gasteiger partial charge on any atom is 0.234 e. The SMILES string of the molecule is CC(C)c1ccc(OCc2nnc(SCC(=O)Nc3ccc(F)cc3)n2N)cc1. The van der Waals surface area contributed by atoms with Gasteiger partial charge in [-0.25, -0.2) is 9.07 Å². The molecule has 152 valence electrons. The summed E-state index contributed by atoms with van der Waals surface area (Å²) in [5.74, 6) is 7.08. The number of halogens is 1.